The van der Waals surface area contributed by atoms with Crippen LogP contribution in [-0.2, 0) is 14.3 Å². The molecule has 1 saturated carbocycles. The number of hydrogen-bond donors (Lipinski definition) is 0. The zero-order valence-electron chi connectivity index (χ0n) is 15.4. The number of hydrogen-bond acceptors (Lipinski definition) is 6. The first-order chi connectivity index (χ1) is 13.1. The van der Waals surface area contributed by atoms with Crippen LogP contribution >= 0.6 is 0 Å². The number of carbonyl (C=O) groups excluding carboxylic acids is 1. The van der Waals surface area contributed by atoms with Crippen molar-refractivity contribution in [2.24, 2.45) is 11.3 Å². The summed E-state index contributed by atoms with van der Waals surface area (Å²) in [5.74, 6) is 2.57. The van der Waals surface area contributed by atoms with Gasteiger partial charge in [-0.2, -0.15) is 0 Å². The average Bonchev–Trinajstić information content (AvgIpc) is 3.33. The minimum atomic E-state index is -0.614. The van der Waals surface area contributed by atoms with Gasteiger partial charge in [-0.1, -0.05) is 13.0 Å². The minimum absolute atomic E-state index is 0.0442. The molecule has 2 aliphatic carbocycles. The fourth-order valence-electron chi connectivity index (χ4n) is 5.53. The molecule has 1 aromatic carbocycles. The summed E-state index contributed by atoms with van der Waals surface area (Å²) in [7, 11) is 1.61. The maximum absolute atomic E-state index is 13.3. The van der Waals surface area contributed by atoms with Gasteiger partial charge in [0, 0.05) is 23.3 Å². The Labute approximate surface area is 157 Å². The third-order valence-electron chi connectivity index (χ3n) is 6.66. The van der Waals surface area contributed by atoms with Gasteiger partial charge in [-0.25, -0.2) is 0 Å². The largest absolute Gasteiger partial charge is 0.493 e. The van der Waals surface area contributed by atoms with Crippen molar-refractivity contribution in [1.29, 1.82) is 0 Å². The molecule has 2 heterocycles. The molecule has 4 aliphatic rings. The molecular weight excluding hydrogens is 348 g/mol. The standard InChI is InChI=1S/C21H22O6/c1-4-5-20-9-21(17(8-16(20)22)25-11-27-21)12(2)18(20)13-6-14(23-3)19-15(7-13)24-10-26-19/h4,6-8,12,18H,1,5,9-11H2,2-3H3/t12-,18-,20-,21+/m1/s1. The SMILES string of the molecule is C=CC[C@@]12C[C@]3(OCOC3=CC1=O)[C@H](C)[C@@H]2c1cc(OC)c2c(c1)OCO2. The topological polar surface area (TPSA) is 63.2 Å². The Balaban J connectivity index is 1.70. The van der Waals surface area contributed by atoms with Gasteiger partial charge < -0.3 is 23.7 Å². The molecule has 4 atom stereocenters. The highest BCUT2D eigenvalue weighted by Gasteiger charge is 2.68. The van der Waals surface area contributed by atoms with Crippen molar-refractivity contribution >= 4 is 5.78 Å². The normalized spacial score (nSPS) is 35.5. The minimum Gasteiger partial charge on any atom is -0.493 e. The van der Waals surface area contributed by atoms with E-state index in [9.17, 15) is 4.79 Å². The van der Waals surface area contributed by atoms with E-state index in [2.05, 4.69) is 13.5 Å². The first kappa shape index (κ1) is 16.7. The number of ether oxygens (including phenoxy) is 5. The molecule has 1 spiro atoms. The highest BCUT2D eigenvalue weighted by atomic mass is 16.7. The van der Waals surface area contributed by atoms with Gasteiger partial charge in [0.2, 0.25) is 12.5 Å². The van der Waals surface area contributed by atoms with Gasteiger partial charge in [-0.15, -0.1) is 6.58 Å². The number of benzene rings is 1. The molecule has 1 saturated heterocycles. The highest BCUT2D eigenvalue weighted by molar-refractivity contribution is 5.99. The molecule has 2 fully saturated rings. The summed E-state index contributed by atoms with van der Waals surface area (Å²) >= 11 is 0. The lowest BCUT2D eigenvalue weighted by atomic mass is 9.67. The van der Waals surface area contributed by atoms with Crippen molar-refractivity contribution in [3.63, 3.8) is 0 Å². The highest BCUT2D eigenvalue weighted by Crippen LogP contribution is 2.67. The zero-order chi connectivity index (χ0) is 18.8. The van der Waals surface area contributed by atoms with E-state index in [0.29, 0.717) is 35.8 Å². The summed E-state index contributed by atoms with van der Waals surface area (Å²) < 4.78 is 28.4. The number of allylic oxidation sites excluding steroid dienone is 2. The molecule has 6 heteroatoms. The van der Waals surface area contributed by atoms with Gasteiger partial charge >= 0.3 is 0 Å². The lowest BCUT2D eigenvalue weighted by Crippen LogP contribution is -2.39. The number of rotatable bonds is 4. The van der Waals surface area contributed by atoms with E-state index in [1.54, 1.807) is 13.2 Å². The summed E-state index contributed by atoms with van der Waals surface area (Å²) in [6, 6.07) is 3.93. The molecule has 2 aliphatic heterocycles. The van der Waals surface area contributed by atoms with E-state index in [-0.39, 0.29) is 31.2 Å². The molecule has 1 aromatic rings. The summed E-state index contributed by atoms with van der Waals surface area (Å²) in [6.45, 7) is 6.40. The van der Waals surface area contributed by atoms with Gasteiger partial charge in [0.15, 0.2) is 24.1 Å². The quantitative estimate of drug-likeness (QED) is 0.758. The van der Waals surface area contributed by atoms with Crippen molar-refractivity contribution in [2.75, 3.05) is 20.7 Å². The van der Waals surface area contributed by atoms with Crippen LogP contribution in [0.5, 0.6) is 17.2 Å². The fraction of sp³-hybridized carbons (Fsp3) is 0.476. The van der Waals surface area contributed by atoms with Crippen molar-refractivity contribution < 1.29 is 28.5 Å². The van der Waals surface area contributed by atoms with E-state index >= 15 is 0 Å². The zero-order valence-corrected chi connectivity index (χ0v) is 15.4. The average molecular weight is 370 g/mol. The molecule has 0 N–H and O–H groups in total. The molecule has 0 amide bonds. The Kier molecular flexibility index (Phi) is 3.41. The summed E-state index contributed by atoms with van der Waals surface area (Å²) in [6.07, 6.45) is 4.64. The van der Waals surface area contributed by atoms with Gasteiger partial charge in [-0.3, -0.25) is 4.79 Å². The second-order valence-electron chi connectivity index (χ2n) is 7.72. The summed E-state index contributed by atoms with van der Waals surface area (Å²) in [4.78, 5) is 13.3. The van der Waals surface area contributed by atoms with Crippen LogP contribution in [0.3, 0.4) is 0 Å². The predicted octanol–water partition coefficient (Wildman–Crippen LogP) is 3.32. The Morgan fingerprint density at radius 3 is 2.93 bits per heavy atom. The van der Waals surface area contributed by atoms with Crippen LogP contribution in [0.15, 0.2) is 36.6 Å². The third-order valence-corrected chi connectivity index (χ3v) is 6.66. The molecule has 2 bridgehead atoms. The van der Waals surface area contributed by atoms with Crippen molar-refractivity contribution in [2.45, 2.75) is 31.3 Å². The van der Waals surface area contributed by atoms with Crippen LogP contribution < -0.4 is 14.2 Å². The van der Waals surface area contributed by atoms with Crippen LogP contribution in [0.4, 0.5) is 0 Å². The van der Waals surface area contributed by atoms with E-state index < -0.39 is 11.0 Å². The molecule has 5 rings (SSSR count). The summed E-state index contributed by atoms with van der Waals surface area (Å²) in [5, 5.41) is 0. The first-order valence-electron chi connectivity index (χ1n) is 9.17. The van der Waals surface area contributed by atoms with Crippen LogP contribution in [-0.4, -0.2) is 32.1 Å². The van der Waals surface area contributed by atoms with Crippen LogP contribution in [0.2, 0.25) is 0 Å². The Hall–Kier alpha value is -2.47. The van der Waals surface area contributed by atoms with E-state index in [0.717, 1.165) is 5.56 Å². The van der Waals surface area contributed by atoms with Gasteiger partial charge in [0.05, 0.1) is 7.11 Å². The first-order valence-corrected chi connectivity index (χ1v) is 9.17. The molecule has 27 heavy (non-hydrogen) atoms. The monoisotopic (exact) mass is 370 g/mol. The predicted molar refractivity (Wildman–Crippen MR) is 95.7 cm³/mol. The third kappa shape index (κ3) is 1.96. The molecular formula is C21H22O6. The lowest BCUT2D eigenvalue weighted by Gasteiger charge is -2.35. The molecule has 142 valence electrons. The van der Waals surface area contributed by atoms with E-state index in [1.807, 2.05) is 18.2 Å². The molecule has 6 nitrogen and oxygen atoms in total. The maximum atomic E-state index is 13.3. The molecule has 0 unspecified atom stereocenters. The van der Waals surface area contributed by atoms with Crippen LogP contribution in [0.25, 0.3) is 0 Å². The van der Waals surface area contributed by atoms with Gasteiger partial charge in [0.1, 0.15) is 11.4 Å². The number of ketones is 1. The Morgan fingerprint density at radius 2 is 2.15 bits per heavy atom. The second kappa shape index (κ2) is 5.52. The fourth-order valence-corrected chi connectivity index (χ4v) is 5.53. The number of methoxy groups -OCH3 is 1. The number of carbonyl (C=O) groups is 1. The summed E-state index contributed by atoms with van der Waals surface area (Å²) in [5.41, 5.74) is -0.191. The molecule has 0 radical (unpaired) electrons. The number of fused-ring (bicyclic) bond motifs is 2. The van der Waals surface area contributed by atoms with Crippen molar-refractivity contribution in [3.8, 4) is 17.2 Å². The lowest BCUT2D eigenvalue weighted by molar-refractivity contribution is -0.126. The van der Waals surface area contributed by atoms with Gasteiger partial charge in [0.25, 0.3) is 0 Å². The van der Waals surface area contributed by atoms with E-state index in [4.69, 9.17) is 23.7 Å². The van der Waals surface area contributed by atoms with Crippen molar-refractivity contribution in [1.82, 2.24) is 0 Å². The maximum Gasteiger partial charge on any atom is 0.231 e. The van der Waals surface area contributed by atoms with Crippen LogP contribution in [0.1, 0.15) is 31.2 Å². The Bertz CT molecular complexity index is 874. The van der Waals surface area contributed by atoms with Crippen molar-refractivity contribution in [3.05, 3.63) is 42.2 Å². The second-order valence-corrected chi connectivity index (χ2v) is 7.72. The van der Waals surface area contributed by atoms with E-state index in [1.165, 1.54) is 0 Å². The molecule has 0 aromatic heterocycles. The van der Waals surface area contributed by atoms with Crippen LogP contribution in [0, 0.1) is 11.3 Å². The Morgan fingerprint density at radius 1 is 1.30 bits per heavy atom. The smallest absolute Gasteiger partial charge is 0.231 e. The van der Waals surface area contributed by atoms with Gasteiger partial charge in [-0.05, 0) is 30.5 Å².